The summed E-state index contributed by atoms with van der Waals surface area (Å²) in [6.07, 6.45) is 0.377. The first kappa shape index (κ1) is 14.7. The molecular weight excluding hydrogens is 374 g/mol. The number of benzene rings is 3. The highest BCUT2D eigenvalue weighted by Crippen LogP contribution is 2.39. The third-order valence-corrected chi connectivity index (χ3v) is 5.54. The van der Waals surface area contributed by atoms with Gasteiger partial charge in [-0.3, -0.25) is 4.79 Å². The molecule has 0 radical (unpaired) electrons. The maximum absolute atomic E-state index is 12.2. The maximum atomic E-state index is 12.2. The smallest absolute Gasteiger partial charge is 0.225 e. The van der Waals surface area contributed by atoms with Gasteiger partial charge in [0.25, 0.3) is 0 Å². The molecule has 0 saturated heterocycles. The summed E-state index contributed by atoms with van der Waals surface area (Å²) < 4.78 is 0.998. The van der Waals surface area contributed by atoms with Gasteiger partial charge >= 0.3 is 0 Å². The largest absolute Gasteiger partial charge is 0.345 e. The third-order valence-electron chi connectivity index (χ3n) is 4.29. The van der Waals surface area contributed by atoms with Crippen molar-refractivity contribution in [2.75, 3.05) is 0 Å². The van der Waals surface area contributed by atoms with Crippen molar-refractivity contribution in [3.63, 3.8) is 0 Å². The molecule has 4 heteroatoms. The lowest BCUT2D eigenvalue weighted by Crippen LogP contribution is -2.36. The molecule has 0 aromatic heterocycles. The van der Waals surface area contributed by atoms with Crippen LogP contribution in [-0.2, 0) is 11.2 Å². The summed E-state index contributed by atoms with van der Waals surface area (Å²) in [7, 11) is 0. The molecule has 1 heterocycles. The van der Waals surface area contributed by atoms with Crippen molar-refractivity contribution in [1.82, 2.24) is 5.32 Å². The lowest BCUT2D eigenvalue weighted by atomic mass is 9.87. The molecule has 1 aliphatic rings. The van der Waals surface area contributed by atoms with Crippen molar-refractivity contribution in [2.45, 2.75) is 12.5 Å². The monoisotopic (exact) mass is 385 g/mol. The maximum Gasteiger partial charge on any atom is 0.225 e. The second kappa shape index (κ2) is 5.66. The van der Waals surface area contributed by atoms with Crippen LogP contribution in [0.3, 0.4) is 0 Å². The standard InChI is InChI=1S/C19H13BrClNO/c20-18-12-6-2-1-5-11(12)9-15-14(18)10-17(23)22-19(15)13-7-3-4-8-16(13)21/h1-9,19H,10H2,(H,22,23). The van der Waals surface area contributed by atoms with E-state index in [0.29, 0.717) is 11.4 Å². The first-order chi connectivity index (χ1) is 11.1. The predicted molar refractivity (Wildman–Crippen MR) is 96.8 cm³/mol. The van der Waals surface area contributed by atoms with Crippen molar-refractivity contribution in [3.05, 3.63) is 80.8 Å². The zero-order valence-corrected chi connectivity index (χ0v) is 14.5. The van der Waals surface area contributed by atoms with E-state index in [0.717, 1.165) is 31.9 Å². The normalized spacial score (nSPS) is 17.0. The number of amides is 1. The number of nitrogens with one attached hydrogen (secondary N) is 1. The van der Waals surface area contributed by atoms with Gasteiger partial charge in [-0.05, 0) is 55.5 Å². The van der Waals surface area contributed by atoms with Crippen LogP contribution < -0.4 is 5.32 Å². The second-order valence-electron chi connectivity index (χ2n) is 5.68. The van der Waals surface area contributed by atoms with Crippen LogP contribution in [0.1, 0.15) is 22.7 Å². The van der Waals surface area contributed by atoms with E-state index in [-0.39, 0.29) is 11.9 Å². The van der Waals surface area contributed by atoms with Crippen LogP contribution in [0.25, 0.3) is 10.8 Å². The van der Waals surface area contributed by atoms with Gasteiger partial charge in [-0.2, -0.15) is 0 Å². The quantitative estimate of drug-likeness (QED) is 0.625. The minimum atomic E-state index is -0.221. The molecule has 0 bridgehead atoms. The van der Waals surface area contributed by atoms with Gasteiger partial charge in [-0.15, -0.1) is 0 Å². The zero-order valence-electron chi connectivity index (χ0n) is 12.1. The lowest BCUT2D eigenvalue weighted by Gasteiger charge is -2.29. The van der Waals surface area contributed by atoms with Crippen LogP contribution in [0.4, 0.5) is 0 Å². The predicted octanol–water partition coefficient (Wildman–Crippen LogP) is 5.02. The number of hydrogen-bond acceptors (Lipinski definition) is 1. The first-order valence-electron chi connectivity index (χ1n) is 7.39. The van der Waals surface area contributed by atoms with E-state index in [9.17, 15) is 4.79 Å². The van der Waals surface area contributed by atoms with Gasteiger partial charge in [-0.25, -0.2) is 0 Å². The van der Waals surface area contributed by atoms with E-state index in [4.69, 9.17) is 11.6 Å². The molecule has 1 N–H and O–H groups in total. The lowest BCUT2D eigenvalue weighted by molar-refractivity contribution is -0.121. The molecule has 1 unspecified atom stereocenters. The van der Waals surface area contributed by atoms with Gasteiger partial charge < -0.3 is 5.32 Å². The highest BCUT2D eigenvalue weighted by atomic mass is 79.9. The number of hydrogen-bond donors (Lipinski definition) is 1. The fraction of sp³-hybridized carbons (Fsp3) is 0.105. The number of rotatable bonds is 1. The molecule has 0 aliphatic carbocycles. The van der Waals surface area contributed by atoms with Crippen LogP contribution in [-0.4, -0.2) is 5.91 Å². The molecule has 4 rings (SSSR count). The van der Waals surface area contributed by atoms with Crippen LogP contribution in [0, 0.1) is 0 Å². The topological polar surface area (TPSA) is 29.1 Å². The SMILES string of the molecule is O=C1Cc2c(cc3ccccc3c2Br)C(c2ccccc2Cl)N1. The number of halogens is 2. The third kappa shape index (κ3) is 2.44. The van der Waals surface area contributed by atoms with E-state index in [1.807, 2.05) is 36.4 Å². The summed E-state index contributed by atoms with van der Waals surface area (Å²) in [5, 5.41) is 6.01. The van der Waals surface area contributed by atoms with Gasteiger partial charge in [0.15, 0.2) is 0 Å². The van der Waals surface area contributed by atoms with Crippen molar-refractivity contribution in [1.29, 1.82) is 0 Å². The molecule has 1 amide bonds. The summed E-state index contributed by atoms with van der Waals surface area (Å²) >= 11 is 10.1. The summed E-state index contributed by atoms with van der Waals surface area (Å²) in [4.78, 5) is 12.2. The highest BCUT2D eigenvalue weighted by molar-refractivity contribution is 9.10. The number of carbonyl (C=O) groups excluding carboxylic acids is 1. The Morgan fingerprint density at radius 1 is 1.04 bits per heavy atom. The van der Waals surface area contributed by atoms with E-state index in [1.165, 1.54) is 0 Å². The molecule has 1 atom stereocenters. The van der Waals surface area contributed by atoms with E-state index >= 15 is 0 Å². The minimum absolute atomic E-state index is 0.0124. The minimum Gasteiger partial charge on any atom is -0.345 e. The molecule has 0 spiro atoms. The number of carbonyl (C=O) groups is 1. The van der Waals surface area contributed by atoms with Crippen LogP contribution >= 0.6 is 27.5 Å². The fourth-order valence-electron chi connectivity index (χ4n) is 3.21. The van der Waals surface area contributed by atoms with Gasteiger partial charge in [0.1, 0.15) is 0 Å². The molecular formula is C19H13BrClNO. The molecule has 114 valence electrons. The molecule has 1 aliphatic heterocycles. The second-order valence-corrected chi connectivity index (χ2v) is 6.88. The van der Waals surface area contributed by atoms with Gasteiger partial charge in [0.2, 0.25) is 5.91 Å². The van der Waals surface area contributed by atoms with Gasteiger partial charge in [0, 0.05) is 9.50 Å². The Morgan fingerprint density at radius 2 is 1.78 bits per heavy atom. The highest BCUT2D eigenvalue weighted by Gasteiger charge is 2.29. The fourth-order valence-corrected chi connectivity index (χ4v) is 4.18. The summed E-state index contributed by atoms with van der Waals surface area (Å²) in [6.45, 7) is 0. The Balaban J connectivity index is 2.00. The Hall–Kier alpha value is -1.84. The average Bonchev–Trinajstić information content (AvgIpc) is 2.56. The summed E-state index contributed by atoms with van der Waals surface area (Å²) in [5.74, 6) is 0.0124. The van der Waals surface area contributed by atoms with Crippen molar-refractivity contribution in [2.24, 2.45) is 0 Å². The summed E-state index contributed by atoms with van der Waals surface area (Å²) in [5.41, 5.74) is 3.06. The van der Waals surface area contributed by atoms with Crippen molar-refractivity contribution >= 4 is 44.2 Å². The van der Waals surface area contributed by atoms with Crippen molar-refractivity contribution < 1.29 is 4.79 Å². The Morgan fingerprint density at radius 3 is 2.61 bits per heavy atom. The van der Waals surface area contributed by atoms with Crippen LogP contribution in [0.15, 0.2) is 59.1 Å². The van der Waals surface area contributed by atoms with Crippen LogP contribution in [0.5, 0.6) is 0 Å². The van der Waals surface area contributed by atoms with E-state index in [2.05, 4.69) is 39.4 Å². The average molecular weight is 387 g/mol. The molecule has 3 aromatic carbocycles. The Labute approximate surface area is 147 Å². The molecule has 0 fully saturated rings. The van der Waals surface area contributed by atoms with Gasteiger partial charge in [-0.1, -0.05) is 54.1 Å². The molecule has 2 nitrogen and oxygen atoms in total. The molecule has 23 heavy (non-hydrogen) atoms. The summed E-state index contributed by atoms with van der Waals surface area (Å²) in [6, 6.07) is 17.8. The zero-order chi connectivity index (χ0) is 16.0. The van der Waals surface area contributed by atoms with Crippen LogP contribution in [0.2, 0.25) is 5.02 Å². The Bertz CT molecular complexity index is 938. The molecule has 0 saturated carbocycles. The first-order valence-corrected chi connectivity index (χ1v) is 8.56. The van der Waals surface area contributed by atoms with Crippen molar-refractivity contribution in [3.8, 4) is 0 Å². The van der Waals surface area contributed by atoms with Gasteiger partial charge in [0.05, 0.1) is 12.5 Å². The Kier molecular flexibility index (Phi) is 3.63. The number of fused-ring (bicyclic) bond motifs is 2. The van der Waals surface area contributed by atoms with E-state index in [1.54, 1.807) is 0 Å². The molecule has 3 aromatic rings. The van der Waals surface area contributed by atoms with E-state index < -0.39 is 0 Å².